The van der Waals surface area contributed by atoms with Gasteiger partial charge in [0.2, 0.25) is 0 Å². The molecular weight excluding hydrogens is 356 g/mol. The number of carbonyl (C=O) groups is 2. The Morgan fingerprint density at radius 2 is 1.96 bits per heavy atom. The Labute approximate surface area is 166 Å². The molecule has 0 unspecified atom stereocenters. The zero-order chi connectivity index (χ0) is 20.6. The van der Waals surface area contributed by atoms with Crippen molar-refractivity contribution in [2.24, 2.45) is 0 Å². The first-order chi connectivity index (χ1) is 13.4. The van der Waals surface area contributed by atoms with Gasteiger partial charge in [-0.1, -0.05) is 37.5 Å². The number of benzene rings is 1. The fourth-order valence-corrected chi connectivity index (χ4v) is 3.47. The highest BCUT2D eigenvalue weighted by Crippen LogP contribution is 2.33. The van der Waals surface area contributed by atoms with Crippen molar-refractivity contribution in [1.82, 2.24) is 4.90 Å². The predicted octanol–water partition coefficient (Wildman–Crippen LogP) is 3.72. The summed E-state index contributed by atoms with van der Waals surface area (Å²) in [5.41, 5.74) is -0.0505. The Hall–Kier alpha value is -2.81. The number of esters is 1. The van der Waals surface area contributed by atoms with Crippen molar-refractivity contribution < 1.29 is 19.1 Å². The zero-order valence-electron chi connectivity index (χ0n) is 16.8. The molecule has 1 aliphatic rings. The van der Waals surface area contributed by atoms with Gasteiger partial charge in [0, 0.05) is 18.7 Å². The van der Waals surface area contributed by atoms with E-state index in [0.29, 0.717) is 25.2 Å². The molecule has 0 aromatic heterocycles. The number of para-hydroxylation sites is 1. The average molecular weight is 384 g/mol. The lowest BCUT2D eigenvalue weighted by molar-refractivity contribution is -0.157. The molecule has 0 N–H and O–H groups in total. The molecule has 0 spiro atoms. The zero-order valence-corrected chi connectivity index (χ0v) is 16.8. The van der Waals surface area contributed by atoms with E-state index < -0.39 is 17.6 Å². The van der Waals surface area contributed by atoms with Gasteiger partial charge in [-0.05, 0) is 38.8 Å². The van der Waals surface area contributed by atoms with Gasteiger partial charge in [-0.3, -0.25) is 4.79 Å². The van der Waals surface area contributed by atoms with Crippen molar-refractivity contribution >= 4 is 18.0 Å². The standard InChI is InChI=1S/C22H28N2O4/c1-4-27-19-11-7-6-10-18(19)12-13-20(25)28-17(2)21(26)24(3)22(16-23)14-8-5-9-15-22/h6-7,10-13,17H,4-5,8-9,14-15H2,1-3H3/b13-12+/t17-/m0/s1. The van der Waals surface area contributed by atoms with E-state index in [-0.39, 0.29) is 5.91 Å². The quantitative estimate of drug-likeness (QED) is 0.529. The molecule has 0 heterocycles. The van der Waals surface area contributed by atoms with Crippen LogP contribution >= 0.6 is 0 Å². The van der Waals surface area contributed by atoms with E-state index in [4.69, 9.17) is 9.47 Å². The molecule has 1 fully saturated rings. The maximum atomic E-state index is 12.7. The van der Waals surface area contributed by atoms with Gasteiger partial charge in [-0.15, -0.1) is 0 Å². The third-order valence-corrected chi connectivity index (χ3v) is 5.12. The fraction of sp³-hybridized carbons (Fsp3) is 0.500. The summed E-state index contributed by atoms with van der Waals surface area (Å²) in [5.74, 6) is -0.304. The molecule has 150 valence electrons. The number of nitrogens with zero attached hydrogens (tertiary/aromatic N) is 2. The minimum atomic E-state index is -0.962. The molecule has 1 saturated carbocycles. The minimum Gasteiger partial charge on any atom is -0.493 e. The summed E-state index contributed by atoms with van der Waals surface area (Å²) in [5, 5.41) is 9.63. The van der Waals surface area contributed by atoms with Crippen molar-refractivity contribution in [3.05, 3.63) is 35.9 Å². The molecule has 0 aliphatic heterocycles. The Balaban J connectivity index is 2.00. The normalized spacial score (nSPS) is 16.8. The molecule has 0 saturated heterocycles. The fourth-order valence-electron chi connectivity index (χ4n) is 3.47. The third kappa shape index (κ3) is 5.13. The second kappa shape index (κ2) is 9.93. The lowest BCUT2D eigenvalue weighted by atomic mass is 9.81. The maximum absolute atomic E-state index is 12.7. The Morgan fingerprint density at radius 1 is 1.29 bits per heavy atom. The molecule has 1 aromatic rings. The molecule has 6 nitrogen and oxygen atoms in total. The molecule has 1 aromatic carbocycles. The van der Waals surface area contributed by atoms with E-state index >= 15 is 0 Å². The van der Waals surface area contributed by atoms with Gasteiger partial charge < -0.3 is 14.4 Å². The summed E-state index contributed by atoms with van der Waals surface area (Å²) in [6.45, 7) is 3.94. The number of nitriles is 1. The number of amides is 1. The van der Waals surface area contributed by atoms with E-state index in [1.807, 2.05) is 31.2 Å². The molecule has 1 aliphatic carbocycles. The molecule has 28 heavy (non-hydrogen) atoms. The SMILES string of the molecule is CCOc1ccccc1/C=C/C(=O)O[C@@H](C)C(=O)N(C)C1(C#N)CCCCC1. The summed E-state index contributed by atoms with van der Waals surface area (Å²) >= 11 is 0. The van der Waals surface area contributed by atoms with Gasteiger partial charge in [0.05, 0.1) is 12.7 Å². The van der Waals surface area contributed by atoms with Gasteiger partial charge in [0.25, 0.3) is 5.91 Å². The molecule has 0 bridgehead atoms. The minimum absolute atomic E-state index is 0.361. The van der Waals surface area contributed by atoms with Gasteiger partial charge in [0.15, 0.2) is 6.10 Å². The van der Waals surface area contributed by atoms with Crippen molar-refractivity contribution in [2.45, 2.75) is 57.6 Å². The molecule has 2 rings (SSSR count). The number of likely N-dealkylation sites (N-methyl/N-ethyl adjacent to an activating group) is 1. The van der Waals surface area contributed by atoms with E-state index in [1.54, 1.807) is 13.1 Å². The van der Waals surface area contributed by atoms with Crippen LogP contribution < -0.4 is 4.74 Å². The van der Waals surface area contributed by atoms with Gasteiger partial charge >= 0.3 is 5.97 Å². The topological polar surface area (TPSA) is 79.6 Å². The third-order valence-electron chi connectivity index (χ3n) is 5.12. The number of rotatable bonds is 7. The smallest absolute Gasteiger partial charge is 0.331 e. The van der Waals surface area contributed by atoms with Crippen LogP contribution in [0.3, 0.4) is 0 Å². The number of hydrogen-bond acceptors (Lipinski definition) is 5. The summed E-state index contributed by atoms with van der Waals surface area (Å²) in [6.07, 6.45) is 6.14. The Kier molecular flexibility index (Phi) is 7.62. The first kappa shape index (κ1) is 21.5. The van der Waals surface area contributed by atoms with Crippen LogP contribution in [0, 0.1) is 11.3 Å². The second-order valence-corrected chi connectivity index (χ2v) is 6.98. The largest absolute Gasteiger partial charge is 0.493 e. The highest BCUT2D eigenvalue weighted by Gasteiger charge is 2.40. The van der Waals surface area contributed by atoms with Crippen molar-refractivity contribution in [1.29, 1.82) is 5.26 Å². The molecular formula is C22H28N2O4. The van der Waals surface area contributed by atoms with Crippen LogP contribution in [0.1, 0.15) is 51.5 Å². The summed E-state index contributed by atoms with van der Waals surface area (Å²) in [7, 11) is 1.62. The Morgan fingerprint density at radius 3 is 2.61 bits per heavy atom. The van der Waals surface area contributed by atoms with Crippen LogP contribution in [-0.2, 0) is 14.3 Å². The lowest BCUT2D eigenvalue weighted by Crippen LogP contribution is -2.53. The first-order valence-corrected chi connectivity index (χ1v) is 9.73. The van der Waals surface area contributed by atoms with Crippen LogP contribution in [0.5, 0.6) is 5.75 Å². The summed E-state index contributed by atoms with van der Waals surface area (Å²) in [6, 6.07) is 9.66. The summed E-state index contributed by atoms with van der Waals surface area (Å²) in [4.78, 5) is 26.3. The van der Waals surface area contributed by atoms with Crippen LogP contribution in [0.15, 0.2) is 30.3 Å². The van der Waals surface area contributed by atoms with E-state index in [0.717, 1.165) is 24.8 Å². The van der Waals surface area contributed by atoms with Crippen LogP contribution in [0.25, 0.3) is 6.08 Å². The Bertz CT molecular complexity index is 760. The molecule has 1 amide bonds. The van der Waals surface area contributed by atoms with E-state index in [9.17, 15) is 14.9 Å². The predicted molar refractivity (Wildman–Crippen MR) is 106 cm³/mol. The molecule has 1 atom stereocenters. The van der Waals surface area contributed by atoms with E-state index in [2.05, 4.69) is 6.07 Å². The lowest BCUT2D eigenvalue weighted by Gasteiger charge is -2.39. The number of hydrogen-bond donors (Lipinski definition) is 0. The maximum Gasteiger partial charge on any atom is 0.331 e. The molecule has 6 heteroatoms. The van der Waals surface area contributed by atoms with Gasteiger partial charge in [-0.2, -0.15) is 5.26 Å². The summed E-state index contributed by atoms with van der Waals surface area (Å²) < 4.78 is 10.8. The van der Waals surface area contributed by atoms with Gasteiger partial charge in [0.1, 0.15) is 11.3 Å². The van der Waals surface area contributed by atoms with E-state index in [1.165, 1.54) is 17.9 Å². The second-order valence-electron chi connectivity index (χ2n) is 6.98. The van der Waals surface area contributed by atoms with Gasteiger partial charge in [-0.25, -0.2) is 4.79 Å². The number of ether oxygens (including phenoxy) is 2. The molecule has 0 radical (unpaired) electrons. The monoisotopic (exact) mass is 384 g/mol. The van der Waals surface area contributed by atoms with Crippen molar-refractivity contribution in [3.63, 3.8) is 0 Å². The van der Waals surface area contributed by atoms with Crippen LogP contribution in [0.4, 0.5) is 0 Å². The van der Waals surface area contributed by atoms with Crippen LogP contribution in [0.2, 0.25) is 0 Å². The van der Waals surface area contributed by atoms with Crippen molar-refractivity contribution in [3.8, 4) is 11.8 Å². The highest BCUT2D eigenvalue weighted by atomic mass is 16.5. The van der Waals surface area contributed by atoms with Crippen molar-refractivity contribution in [2.75, 3.05) is 13.7 Å². The van der Waals surface area contributed by atoms with Crippen LogP contribution in [-0.4, -0.2) is 42.1 Å². The highest BCUT2D eigenvalue weighted by molar-refractivity contribution is 5.91. The number of carbonyl (C=O) groups excluding carboxylic acids is 2. The first-order valence-electron chi connectivity index (χ1n) is 9.73. The average Bonchev–Trinajstić information content (AvgIpc) is 2.72.